The van der Waals surface area contributed by atoms with E-state index in [1.54, 1.807) is 0 Å². The van der Waals surface area contributed by atoms with Crippen molar-refractivity contribution in [1.29, 1.82) is 0 Å². The SMILES string of the molecule is O=C(C1CCCc2ccccc21)N1CCC2(CC1)Cc1ccccc1-n1cccc12. The fourth-order valence-corrected chi connectivity index (χ4v) is 6.19. The monoisotopic (exact) mass is 396 g/mol. The quantitative estimate of drug-likeness (QED) is 0.567. The first kappa shape index (κ1) is 18.0. The number of carbonyl (C=O) groups excluding carboxylic acids is 1. The molecule has 3 aliphatic rings. The van der Waals surface area contributed by atoms with Crippen LogP contribution >= 0.6 is 0 Å². The number of amides is 1. The first-order chi connectivity index (χ1) is 14.8. The Morgan fingerprint density at radius 2 is 1.67 bits per heavy atom. The van der Waals surface area contributed by atoms with Gasteiger partial charge in [0.1, 0.15) is 0 Å². The molecule has 2 aromatic carbocycles. The van der Waals surface area contributed by atoms with Crippen LogP contribution < -0.4 is 0 Å². The van der Waals surface area contributed by atoms with E-state index in [1.807, 2.05) is 0 Å². The molecule has 1 atom stereocenters. The van der Waals surface area contributed by atoms with Gasteiger partial charge in [-0.05, 0) is 73.4 Å². The predicted octanol–water partition coefficient (Wildman–Crippen LogP) is 5.01. The van der Waals surface area contributed by atoms with Gasteiger partial charge in [0.25, 0.3) is 0 Å². The molecule has 3 nitrogen and oxygen atoms in total. The molecule has 1 unspecified atom stereocenters. The fourth-order valence-electron chi connectivity index (χ4n) is 6.19. The van der Waals surface area contributed by atoms with Crippen LogP contribution in [-0.2, 0) is 23.1 Å². The molecule has 0 radical (unpaired) electrons. The molecule has 0 bridgehead atoms. The van der Waals surface area contributed by atoms with Gasteiger partial charge in [0.05, 0.1) is 5.92 Å². The summed E-state index contributed by atoms with van der Waals surface area (Å²) in [4.78, 5) is 15.7. The van der Waals surface area contributed by atoms with Gasteiger partial charge in [0.15, 0.2) is 0 Å². The van der Waals surface area contributed by atoms with Crippen LogP contribution in [0.15, 0.2) is 66.9 Å². The van der Waals surface area contributed by atoms with Gasteiger partial charge >= 0.3 is 0 Å². The molecular weight excluding hydrogens is 368 g/mol. The summed E-state index contributed by atoms with van der Waals surface area (Å²) in [6.45, 7) is 1.73. The third-order valence-corrected chi connectivity index (χ3v) is 7.77. The summed E-state index contributed by atoms with van der Waals surface area (Å²) in [5.74, 6) is 0.406. The van der Waals surface area contributed by atoms with Gasteiger partial charge in [-0.15, -0.1) is 0 Å². The lowest BCUT2D eigenvalue weighted by Crippen LogP contribution is -2.49. The van der Waals surface area contributed by atoms with E-state index in [2.05, 4.69) is 76.3 Å². The second-order valence-corrected chi connectivity index (χ2v) is 9.32. The van der Waals surface area contributed by atoms with Crippen molar-refractivity contribution in [3.05, 3.63) is 89.2 Å². The molecule has 3 heteroatoms. The number of benzene rings is 2. The summed E-state index contributed by atoms with van der Waals surface area (Å²) in [5, 5.41) is 0. The molecule has 1 amide bonds. The summed E-state index contributed by atoms with van der Waals surface area (Å²) >= 11 is 0. The molecule has 152 valence electrons. The molecule has 0 saturated carbocycles. The van der Waals surface area contributed by atoms with Crippen LogP contribution in [0.4, 0.5) is 0 Å². The third-order valence-electron chi connectivity index (χ3n) is 7.77. The highest BCUT2D eigenvalue weighted by Crippen LogP contribution is 2.45. The number of carbonyl (C=O) groups is 1. The second-order valence-electron chi connectivity index (χ2n) is 9.32. The minimum Gasteiger partial charge on any atom is -0.342 e. The minimum atomic E-state index is 0.0555. The Morgan fingerprint density at radius 1 is 0.900 bits per heavy atom. The van der Waals surface area contributed by atoms with Crippen LogP contribution in [-0.4, -0.2) is 28.5 Å². The Morgan fingerprint density at radius 3 is 2.53 bits per heavy atom. The molecule has 1 aromatic heterocycles. The van der Waals surface area contributed by atoms with Crippen molar-refractivity contribution in [2.75, 3.05) is 13.1 Å². The number of nitrogens with zero attached hydrogens (tertiary/aromatic N) is 2. The summed E-state index contributed by atoms with van der Waals surface area (Å²) in [7, 11) is 0. The van der Waals surface area contributed by atoms with Gasteiger partial charge in [-0.25, -0.2) is 0 Å². The van der Waals surface area contributed by atoms with E-state index in [-0.39, 0.29) is 11.3 Å². The van der Waals surface area contributed by atoms with E-state index in [4.69, 9.17) is 0 Å². The summed E-state index contributed by atoms with van der Waals surface area (Å²) < 4.78 is 2.38. The predicted molar refractivity (Wildman–Crippen MR) is 119 cm³/mol. The highest BCUT2D eigenvalue weighted by atomic mass is 16.2. The fraction of sp³-hybridized carbons (Fsp3) is 0.370. The summed E-state index contributed by atoms with van der Waals surface area (Å²) in [6, 6.07) is 21.8. The lowest BCUT2D eigenvalue weighted by Gasteiger charge is -2.46. The van der Waals surface area contributed by atoms with E-state index in [9.17, 15) is 4.79 Å². The van der Waals surface area contributed by atoms with E-state index in [1.165, 1.54) is 28.1 Å². The molecule has 2 aliphatic heterocycles. The second kappa shape index (κ2) is 6.87. The van der Waals surface area contributed by atoms with Crippen LogP contribution in [0.25, 0.3) is 5.69 Å². The van der Waals surface area contributed by atoms with Gasteiger partial charge in [-0.2, -0.15) is 0 Å². The zero-order chi connectivity index (χ0) is 20.1. The van der Waals surface area contributed by atoms with E-state index in [0.717, 1.165) is 51.6 Å². The standard InChI is InChI=1S/C27H28N2O/c30-26(23-11-5-9-20-7-1-3-10-22(20)23)28-17-14-27(15-18-28)19-21-8-2-4-12-24(21)29-16-6-13-25(27)29/h1-4,6-8,10,12-13,16,23H,5,9,11,14-15,17-19H2. The Labute approximate surface area is 178 Å². The first-order valence-electron chi connectivity index (χ1n) is 11.4. The molecule has 1 fully saturated rings. The van der Waals surface area contributed by atoms with E-state index < -0.39 is 0 Å². The average molecular weight is 397 g/mol. The van der Waals surface area contributed by atoms with E-state index in [0.29, 0.717) is 5.91 Å². The normalized spacial score (nSPS) is 21.6. The minimum absolute atomic E-state index is 0.0555. The Balaban J connectivity index is 1.25. The number of rotatable bonds is 1. The van der Waals surface area contributed by atoms with Crippen molar-refractivity contribution in [2.45, 2.75) is 49.9 Å². The molecular formula is C27H28N2O. The maximum absolute atomic E-state index is 13.5. The van der Waals surface area contributed by atoms with Crippen LogP contribution in [0.1, 0.15) is 54.0 Å². The first-order valence-corrected chi connectivity index (χ1v) is 11.4. The van der Waals surface area contributed by atoms with Gasteiger partial charge in [-0.1, -0.05) is 42.5 Å². The van der Waals surface area contributed by atoms with Gasteiger partial charge in [-0.3, -0.25) is 4.79 Å². The molecule has 6 rings (SSSR count). The highest BCUT2D eigenvalue weighted by molar-refractivity contribution is 5.84. The van der Waals surface area contributed by atoms with Crippen molar-refractivity contribution in [2.24, 2.45) is 0 Å². The summed E-state index contributed by atoms with van der Waals surface area (Å²) in [5.41, 5.74) is 6.98. The number of para-hydroxylation sites is 1. The molecule has 1 saturated heterocycles. The third kappa shape index (κ3) is 2.68. The molecule has 30 heavy (non-hydrogen) atoms. The van der Waals surface area contributed by atoms with Crippen molar-refractivity contribution < 1.29 is 4.79 Å². The number of aromatic nitrogens is 1. The maximum Gasteiger partial charge on any atom is 0.230 e. The maximum atomic E-state index is 13.5. The molecule has 1 aliphatic carbocycles. The molecule has 3 aromatic rings. The number of likely N-dealkylation sites (tertiary alicyclic amines) is 1. The van der Waals surface area contributed by atoms with Crippen molar-refractivity contribution >= 4 is 5.91 Å². The van der Waals surface area contributed by atoms with E-state index >= 15 is 0 Å². The average Bonchev–Trinajstić information content (AvgIpc) is 3.30. The Hall–Kier alpha value is -2.81. The van der Waals surface area contributed by atoms with Gasteiger partial charge < -0.3 is 9.47 Å². The summed E-state index contributed by atoms with van der Waals surface area (Å²) in [6.07, 6.45) is 8.60. The Kier molecular flexibility index (Phi) is 4.12. The molecule has 0 N–H and O–H groups in total. The number of hydrogen-bond acceptors (Lipinski definition) is 1. The van der Waals surface area contributed by atoms with Crippen molar-refractivity contribution in [1.82, 2.24) is 9.47 Å². The number of fused-ring (bicyclic) bond motifs is 5. The zero-order valence-electron chi connectivity index (χ0n) is 17.4. The Bertz CT molecular complexity index is 1100. The topological polar surface area (TPSA) is 25.2 Å². The van der Waals surface area contributed by atoms with Crippen LogP contribution in [0.5, 0.6) is 0 Å². The molecule has 1 spiro atoms. The van der Waals surface area contributed by atoms with Crippen LogP contribution in [0, 0.1) is 0 Å². The van der Waals surface area contributed by atoms with Gasteiger partial charge in [0, 0.05) is 36.1 Å². The van der Waals surface area contributed by atoms with Crippen LogP contribution in [0.2, 0.25) is 0 Å². The van der Waals surface area contributed by atoms with Crippen molar-refractivity contribution in [3.63, 3.8) is 0 Å². The smallest absolute Gasteiger partial charge is 0.230 e. The van der Waals surface area contributed by atoms with Gasteiger partial charge in [0.2, 0.25) is 5.91 Å². The largest absolute Gasteiger partial charge is 0.342 e. The zero-order valence-corrected chi connectivity index (χ0v) is 17.4. The lowest BCUT2D eigenvalue weighted by molar-refractivity contribution is -0.134. The van der Waals surface area contributed by atoms with Crippen LogP contribution in [0.3, 0.4) is 0 Å². The lowest BCUT2D eigenvalue weighted by atomic mass is 9.69. The number of piperidine rings is 1. The van der Waals surface area contributed by atoms with Crippen molar-refractivity contribution in [3.8, 4) is 5.69 Å². The number of aryl methyl sites for hydroxylation is 1. The highest BCUT2D eigenvalue weighted by Gasteiger charge is 2.43. The molecule has 3 heterocycles. The number of hydrogen-bond donors (Lipinski definition) is 0.